The monoisotopic (exact) mass is 496 g/mol. The van der Waals surface area contributed by atoms with Gasteiger partial charge in [-0.1, -0.05) is 0 Å². The minimum absolute atomic E-state index is 0.0589. The summed E-state index contributed by atoms with van der Waals surface area (Å²) in [5.41, 5.74) is -0.235. The topological polar surface area (TPSA) is 124 Å². The predicted octanol–water partition coefficient (Wildman–Crippen LogP) is 2.14. The third-order valence-electron chi connectivity index (χ3n) is 4.70. The number of hydrogen-bond donors (Lipinski definition) is 2. The van der Waals surface area contributed by atoms with Crippen LogP contribution in [0, 0.1) is 11.6 Å². The van der Waals surface area contributed by atoms with Crippen molar-refractivity contribution in [1.82, 2.24) is 4.98 Å². The standard InChI is InChI=1S/C18H17F5N4O5S/c1-31-16-12(3-2-11(19)15(16)20)27-8-10(32-18(21,22)23)7-13(27)17(28)26-9-4-5-25-14(6-9)33(24,29)30/h2-6,10,13H,7-8H2,1H3,(H2,24,29,30)(H,25,26,28)/t10-,13+/m1/s1. The average molecular weight is 496 g/mol. The molecule has 1 aromatic heterocycles. The molecule has 9 nitrogen and oxygen atoms in total. The molecule has 180 valence electrons. The Morgan fingerprint density at radius 1 is 1.27 bits per heavy atom. The van der Waals surface area contributed by atoms with Gasteiger partial charge in [0.2, 0.25) is 11.7 Å². The second-order valence-electron chi connectivity index (χ2n) is 6.92. The Hall–Kier alpha value is -3.04. The van der Waals surface area contributed by atoms with Crippen molar-refractivity contribution >= 4 is 27.3 Å². The number of sulfonamides is 1. The summed E-state index contributed by atoms with van der Waals surface area (Å²) in [4.78, 5) is 17.6. The Morgan fingerprint density at radius 3 is 2.58 bits per heavy atom. The number of carbonyl (C=O) groups excluding carboxylic acids is 1. The van der Waals surface area contributed by atoms with Crippen LogP contribution in [-0.4, -0.2) is 51.5 Å². The summed E-state index contributed by atoms with van der Waals surface area (Å²) in [6.07, 6.45) is -5.94. The lowest BCUT2D eigenvalue weighted by Crippen LogP contribution is -2.40. The van der Waals surface area contributed by atoms with Crippen LogP contribution in [0.4, 0.5) is 33.3 Å². The van der Waals surface area contributed by atoms with Gasteiger partial charge in [0.05, 0.1) is 18.9 Å². The smallest absolute Gasteiger partial charge is 0.491 e. The quantitative estimate of drug-likeness (QED) is 0.588. The van der Waals surface area contributed by atoms with E-state index in [1.165, 1.54) is 6.07 Å². The number of rotatable bonds is 6. The molecule has 2 aromatic rings. The van der Waals surface area contributed by atoms with Gasteiger partial charge in [-0.15, -0.1) is 13.2 Å². The van der Waals surface area contributed by atoms with E-state index in [4.69, 9.17) is 9.88 Å². The second-order valence-corrected chi connectivity index (χ2v) is 8.43. The summed E-state index contributed by atoms with van der Waals surface area (Å²) in [6, 6.07) is 2.63. The Bertz CT molecular complexity index is 1160. The van der Waals surface area contributed by atoms with Crippen molar-refractivity contribution in [2.45, 2.75) is 30.0 Å². The number of nitrogens with two attached hydrogens (primary N) is 1. The Kier molecular flexibility index (Phi) is 6.76. The maximum Gasteiger partial charge on any atom is 0.522 e. The maximum atomic E-state index is 14.2. The normalized spacial score (nSPS) is 18.9. The molecule has 2 atom stereocenters. The number of aromatic nitrogens is 1. The van der Waals surface area contributed by atoms with E-state index < -0.39 is 69.8 Å². The highest BCUT2D eigenvalue weighted by atomic mass is 32.2. The second kappa shape index (κ2) is 9.07. The highest BCUT2D eigenvalue weighted by Crippen LogP contribution is 2.38. The van der Waals surface area contributed by atoms with Crippen molar-refractivity contribution in [1.29, 1.82) is 0 Å². The zero-order chi connectivity index (χ0) is 24.6. The molecule has 0 unspecified atom stereocenters. The van der Waals surface area contributed by atoms with E-state index in [0.29, 0.717) is 0 Å². The van der Waals surface area contributed by atoms with Gasteiger partial charge >= 0.3 is 6.36 Å². The summed E-state index contributed by atoms with van der Waals surface area (Å²) in [7, 11) is -3.16. The molecule has 1 fully saturated rings. The fourth-order valence-electron chi connectivity index (χ4n) is 3.40. The van der Waals surface area contributed by atoms with Crippen LogP contribution in [0.3, 0.4) is 0 Å². The minimum atomic E-state index is -5.00. The van der Waals surface area contributed by atoms with E-state index >= 15 is 0 Å². The summed E-state index contributed by atoms with van der Waals surface area (Å²) in [5.74, 6) is -4.13. The van der Waals surface area contributed by atoms with E-state index in [0.717, 1.165) is 36.4 Å². The van der Waals surface area contributed by atoms with Crippen LogP contribution >= 0.6 is 0 Å². The lowest BCUT2D eigenvalue weighted by Gasteiger charge is -2.27. The number of primary sulfonamides is 1. The molecule has 15 heteroatoms. The molecule has 33 heavy (non-hydrogen) atoms. The van der Waals surface area contributed by atoms with Gasteiger partial charge in [-0.25, -0.2) is 22.9 Å². The van der Waals surface area contributed by atoms with Crippen LogP contribution < -0.4 is 20.1 Å². The molecule has 0 spiro atoms. The number of benzene rings is 1. The summed E-state index contributed by atoms with van der Waals surface area (Å²) >= 11 is 0. The zero-order valence-corrected chi connectivity index (χ0v) is 17.6. The molecule has 1 aliphatic heterocycles. The van der Waals surface area contributed by atoms with Crippen LogP contribution in [0.5, 0.6) is 5.75 Å². The molecule has 3 rings (SSSR count). The third kappa shape index (κ3) is 5.66. The fraction of sp³-hybridized carbons (Fsp3) is 0.333. The van der Waals surface area contributed by atoms with E-state index in [-0.39, 0.29) is 11.4 Å². The van der Waals surface area contributed by atoms with E-state index in [1.54, 1.807) is 0 Å². The van der Waals surface area contributed by atoms with Crippen molar-refractivity contribution in [3.8, 4) is 5.75 Å². The van der Waals surface area contributed by atoms with Gasteiger partial charge in [-0.05, 0) is 18.2 Å². The number of alkyl halides is 3. The molecular formula is C18H17F5N4O5S. The molecule has 0 bridgehead atoms. The summed E-state index contributed by atoms with van der Waals surface area (Å²) in [6.45, 7) is -0.502. The highest BCUT2D eigenvalue weighted by Gasteiger charge is 2.44. The highest BCUT2D eigenvalue weighted by molar-refractivity contribution is 7.89. The largest absolute Gasteiger partial charge is 0.522 e. The van der Waals surface area contributed by atoms with Crippen molar-refractivity contribution in [3.63, 3.8) is 0 Å². The van der Waals surface area contributed by atoms with Crippen LogP contribution in [0.1, 0.15) is 6.42 Å². The van der Waals surface area contributed by atoms with Crippen molar-refractivity contribution < 1.29 is 44.6 Å². The molecule has 1 aromatic carbocycles. The molecule has 0 radical (unpaired) electrons. The Labute approximate surface area is 184 Å². The molecule has 3 N–H and O–H groups in total. The van der Waals surface area contributed by atoms with Crippen LogP contribution in [0.25, 0.3) is 0 Å². The zero-order valence-electron chi connectivity index (χ0n) is 16.8. The number of ether oxygens (including phenoxy) is 2. The first kappa shape index (κ1) is 24.6. The van der Waals surface area contributed by atoms with Crippen molar-refractivity contribution in [3.05, 3.63) is 42.1 Å². The average Bonchev–Trinajstić information content (AvgIpc) is 3.11. The number of methoxy groups -OCH3 is 1. The van der Waals surface area contributed by atoms with Crippen LogP contribution in [-0.2, 0) is 19.6 Å². The van der Waals surface area contributed by atoms with Gasteiger partial charge in [0, 0.05) is 30.9 Å². The molecule has 1 aliphatic rings. The number of hydrogen-bond acceptors (Lipinski definition) is 7. The van der Waals surface area contributed by atoms with Gasteiger partial charge in [0.1, 0.15) is 6.04 Å². The first-order chi connectivity index (χ1) is 15.3. The molecule has 2 heterocycles. The molecule has 1 amide bonds. The lowest BCUT2D eigenvalue weighted by atomic mass is 10.1. The van der Waals surface area contributed by atoms with Crippen molar-refractivity contribution in [2.75, 3.05) is 23.9 Å². The Morgan fingerprint density at radius 2 is 1.97 bits per heavy atom. The molecular weight excluding hydrogens is 479 g/mol. The number of nitrogens with zero attached hydrogens (tertiary/aromatic N) is 2. The van der Waals surface area contributed by atoms with E-state index in [2.05, 4.69) is 15.0 Å². The molecule has 0 aliphatic carbocycles. The SMILES string of the molecule is COc1c(N2C[C@H](OC(F)(F)F)C[C@H]2C(=O)Nc2ccnc(S(N)(=O)=O)c2)ccc(F)c1F. The minimum Gasteiger partial charge on any atom is -0.491 e. The number of anilines is 2. The van der Waals surface area contributed by atoms with Gasteiger partial charge in [-0.3, -0.25) is 9.53 Å². The van der Waals surface area contributed by atoms with Crippen molar-refractivity contribution in [2.24, 2.45) is 5.14 Å². The number of halogens is 5. The van der Waals surface area contributed by atoms with Crippen LogP contribution in [0.15, 0.2) is 35.5 Å². The van der Waals surface area contributed by atoms with Gasteiger partial charge < -0.3 is 15.0 Å². The molecule has 0 saturated carbocycles. The first-order valence-electron chi connectivity index (χ1n) is 9.13. The van der Waals surface area contributed by atoms with Gasteiger partial charge in [-0.2, -0.15) is 4.39 Å². The fourth-order valence-corrected chi connectivity index (χ4v) is 3.90. The first-order valence-corrected chi connectivity index (χ1v) is 10.7. The number of pyridine rings is 1. The molecule has 1 saturated heterocycles. The van der Waals surface area contributed by atoms with Gasteiger partial charge in [0.25, 0.3) is 10.0 Å². The van der Waals surface area contributed by atoms with Gasteiger partial charge in [0.15, 0.2) is 16.6 Å². The lowest BCUT2D eigenvalue weighted by molar-refractivity contribution is -0.339. The predicted molar refractivity (Wildman–Crippen MR) is 104 cm³/mol. The Balaban J connectivity index is 1.95. The van der Waals surface area contributed by atoms with Crippen LogP contribution in [0.2, 0.25) is 0 Å². The number of nitrogens with one attached hydrogen (secondary N) is 1. The van der Waals surface area contributed by atoms with E-state index in [9.17, 15) is 35.2 Å². The summed E-state index contributed by atoms with van der Waals surface area (Å²) in [5, 5.41) is 6.80. The third-order valence-corrected chi connectivity index (χ3v) is 5.51. The number of carbonyl (C=O) groups is 1. The maximum absolute atomic E-state index is 14.2. The summed E-state index contributed by atoms with van der Waals surface area (Å²) < 4.78 is 98.0. The number of amides is 1. The van der Waals surface area contributed by atoms with E-state index in [1.807, 2.05) is 0 Å².